The number of esters is 1. The Bertz CT molecular complexity index is 967. The lowest BCUT2D eigenvalue weighted by molar-refractivity contribution is 0.0473. The van der Waals surface area contributed by atoms with Crippen LogP contribution in [0.3, 0.4) is 0 Å². The molecule has 2 aromatic carbocycles. The minimum absolute atomic E-state index is 0.0953. The molecular formula is C19H13F2NO4. The Hall–Kier alpha value is -3.35. The van der Waals surface area contributed by atoms with Crippen LogP contribution in [0.1, 0.15) is 26.5 Å². The van der Waals surface area contributed by atoms with Gasteiger partial charge in [0, 0.05) is 11.1 Å². The first kappa shape index (κ1) is 17.5. The topological polar surface area (TPSA) is 69.4 Å². The number of benzene rings is 2. The van der Waals surface area contributed by atoms with Crippen molar-refractivity contribution in [3.8, 4) is 11.3 Å². The third-order valence-electron chi connectivity index (χ3n) is 3.69. The number of halogens is 2. The van der Waals surface area contributed by atoms with Gasteiger partial charge in [0.2, 0.25) is 0 Å². The average Bonchev–Trinajstić information content (AvgIpc) is 3.04. The zero-order chi connectivity index (χ0) is 18.7. The normalized spacial score (nSPS) is 10.6. The molecule has 0 amide bonds. The van der Waals surface area contributed by atoms with Crippen LogP contribution in [-0.4, -0.2) is 23.5 Å². The van der Waals surface area contributed by atoms with Crippen LogP contribution in [0.15, 0.2) is 53.1 Å². The molecule has 7 heteroatoms. The molecule has 3 rings (SSSR count). The fourth-order valence-electron chi connectivity index (χ4n) is 2.36. The summed E-state index contributed by atoms with van der Waals surface area (Å²) in [6, 6.07) is 11.6. The summed E-state index contributed by atoms with van der Waals surface area (Å²) in [5.74, 6) is -3.42. The smallest absolute Gasteiger partial charge is 0.344 e. The molecule has 26 heavy (non-hydrogen) atoms. The molecule has 0 N–H and O–H groups in total. The highest BCUT2D eigenvalue weighted by atomic mass is 19.2. The van der Waals surface area contributed by atoms with Crippen molar-refractivity contribution in [3.05, 3.63) is 77.1 Å². The van der Waals surface area contributed by atoms with Crippen LogP contribution < -0.4 is 0 Å². The van der Waals surface area contributed by atoms with Gasteiger partial charge >= 0.3 is 5.97 Å². The predicted molar refractivity (Wildman–Crippen MR) is 87.6 cm³/mol. The second kappa shape index (κ2) is 7.26. The van der Waals surface area contributed by atoms with Crippen molar-refractivity contribution in [1.29, 1.82) is 0 Å². The molecule has 0 fully saturated rings. The van der Waals surface area contributed by atoms with Crippen LogP contribution in [-0.2, 0) is 4.74 Å². The summed E-state index contributed by atoms with van der Waals surface area (Å²) in [6.07, 6.45) is 0. The van der Waals surface area contributed by atoms with Gasteiger partial charge in [-0.05, 0) is 25.1 Å². The summed E-state index contributed by atoms with van der Waals surface area (Å²) < 4.78 is 36.2. The number of ketones is 1. The first-order valence-corrected chi connectivity index (χ1v) is 7.64. The highest BCUT2D eigenvalue weighted by Crippen LogP contribution is 2.25. The van der Waals surface area contributed by atoms with Crippen LogP contribution in [0.25, 0.3) is 11.3 Å². The van der Waals surface area contributed by atoms with E-state index in [1.54, 1.807) is 31.2 Å². The van der Waals surface area contributed by atoms with Crippen LogP contribution >= 0.6 is 0 Å². The first-order valence-electron chi connectivity index (χ1n) is 7.64. The minimum atomic E-state index is -1.15. The van der Waals surface area contributed by atoms with Crippen LogP contribution in [0, 0.1) is 18.6 Å². The highest BCUT2D eigenvalue weighted by molar-refractivity contribution is 6.01. The zero-order valence-corrected chi connectivity index (χ0v) is 13.7. The summed E-state index contributed by atoms with van der Waals surface area (Å²) in [4.78, 5) is 24.4. The summed E-state index contributed by atoms with van der Waals surface area (Å²) in [6.45, 7) is 0.927. The maximum atomic E-state index is 13.2. The molecule has 0 aliphatic heterocycles. The number of carbonyl (C=O) groups excluding carboxylic acids is 2. The van der Waals surface area contributed by atoms with E-state index in [4.69, 9.17) is 9.26 Å². The molecule has 0 atom stereocenters. The summed E-state index contributed by atoms with van der Waals surface area (Å²) in [5, 5.41) is 3.86. The molecule has 0 radical (unpaired) electrons. The van der Waals surface area contributed by atoms with Gasteiger partial charge in [0.25, 0.3) is 0 Å². The molecule has 5 nitrogen and oxygen atoms in total. The molecule has 1 aromatic heterocycles. The third-order valence-corrected chi connectivity index (χ3v) is 3.69. The SMILES string of the molecule is Cc1onc(-c2ccccc2)c1C(=O)OCC(=O)c1ccc(F)c(F)c1. The monoisotopic (exact) mass is 357 g/mol. The molecule has 3 aromatic rings. The van der Waals surface area contributed by atoms with Crippen LogP contribution in [0.2, 0.25) is 0 Å². The molecule has 0 bridgehead atoms. The van der Waals surface area contributed by atoms with Crippen molar-refractivity contribution >= 4 is 11.8 Å². The molecule has 132 valence electrons. The van der Waals surface area contributed by atoms with Crippen molar-refractivity contribution in [3.63, 3.8) is 0 Å². The van der Waals surface area contributed by atoms with E-state index in [1.165, 1.54) is 0 Å². The van der Waals surface area contributed by atoms with Gasteiger partial charge in [0.1, 0.15) is 17.0 Å². The Morgan fingerprint density at radius 3 is 2.50 bits per heavy atom. The van der Waals surface area contributed by atoms with E-state index in [1.807, 2.05) is 6.07 Å². The Morgan fingerprint density at radius 2 is 1.81 bits per heavy atom. The summed E-state index contributed by atoms with van der Waals surface area (Å²) in [7, 11) is 0. The van der Waals surface area contributed by atoms with Gasteiger partial charge in [-0.1, -0.05) is 35.5 Å². The average molecular weight is 357 g/mol. The molecule has 0 unspecified atom stereocenters. The van der Waals surface area contributed by atoms with E-state index in [-0.39, 0.29) is 16.9 Å². The minimum Gasteiger partial charge on any atom is -0.454 e. The molecule has 0 spiro atoms. The lowest BCUT2D eigenvalue weighted by atomic mass is 10.1. The first-order chi connectivity index (χ1) is 12.5. The van der Waals surface area contributed by atoms with Crippen molar-refractivity contribution in [2.75, 3.05) is 6.61 Å². The van der Waals surface area contributed by atoms with Gasteiger partial charge < -0.3 is 9.26 Å². The van der Waals surface area contributed by atoms with E-state index >= 15 is 0 Å². The van der Waals surface area contributed by atoms with Crippen molar-refractivity contribution in [2.24, 2.45) is 0 Å². The van der Waals surface area contributed by atoms with Crippen LogP contribution in [0.5, 0.6) is 0 Å². The van der Waals surface area contributed by atoms with Gasteiger partial charge in [-0.3, -0.25) is 4.79 Å². The molecule has 0 aliphatic carbocycles. The molecule has 1 heterocycles. The highest BCUT2D eigenvalue weighted by Gasteiger charge is 2.24. The number of ether oxygens (including phenoxy) is 1. The van der Waals surface area contributed by atoms with Gasteiger partial charge in [-0.2, -0.15) is 0 Å². The lowest BCUT2D eigenvalue weighted by Crippen LogP contribution is -2.15. The van der Waals surface area contributed by atoms with E-state index in [9.17, 15) is 18.4 Å². The fourth-order valence-corrected chi connectivity index (χ4v) is 2.36. The van der Waals surface area contributed by atoms with Crippen molar-refractivity contribution < 1.29 is 27.6 Å². The molecule has 0 saturated carbocycles. The Kier molecular flexibility index (Phi) is 4.88. The lowest BCUT2D eigenvalue weighted by Gasteiger charge is -2.05. The van der Waals surface area contributed by atoms with E-state index in [0.29, 0.717) is 11.3 Å². The second-order valence-electron chi connectivity index (χ2n) is 5.46. The number of hydrogen-bond acceptors (Lipinski definition) is 5. The Labute approximate surface area is 147 Å². The number of carbonyl (C=O) groups is 2. The number of hydrogen-bond donors (Lipinski definition) is 0. The van der Waals surface area contributed by atoms with Gasteiger partial charge in [0.15, 0.2) is 24.0 Å². The summed E-state index contributed by atoms with van der Waals surface area (Å²) >= 11 is 0. The Balaban J connectivity index is 1.76. The Morgan fingerprint density at radius 1 is 1.08 bits per heavy atom. The molecule has 0 aliphatic rings. The summed E-state index contributed by atoms with van der Waals surface area (Å²) in [5.41, 5.74) is 0.966. The van der Waals surface area contributed by atoms with E-state index in [2.05, 4.69) is 5.16 Å². The number of rotatable bonds is 5. The van der Waals surface area contributed by atoms with Crippen molar-refractivity contribution in [1.82, 2.24) is 5.16 Å². The zero-order valence-electron chi connectivity index (χ0n) is 13.7. The largest absolute Gasteiger partial charge is 0.454 e. The van der Waals surface area contributed by atoms with Crippen molar-refractivity contribution in [2.45, 2.75) is 6.92 Å². The van der Waals surface area contributed by atoms with Crippen LogP contribution in [0.4, 0.5) is 8.78 Å². The molecule has 0 saturated heterocycles. The maximum absolute atomic E-state index is 13.2. The quantitative estimate of drug-likeness (QED) is 0.510. The predicted octanol–water partition coefficient (Wildman–Crippen LogP) is 3.97. The number of aryl methyl sites for hydroxylation is 1. The molecular weight excluding hydrogens is 344 g/mol. The van der Waals surface area contributed by atoms with E-state index in [0.717, 1.165) is 18.2 Å². The standard InChI is InChI=1S/C19H13F2NO4/c1-11-17(18(22-26-11)12-5-3-2-4-6-12)19(24)25-10-16(23)13-7-8-14(20)15(21)9-13/h2-9H,10H2,1H3. The van der Waals surface area contributed by atoms with Gasteiger partial charge in [0.05, 0.1) is 0 Å². The van der Waals surface area contributed by atoms with Gasteiger partial charge in [-0.15, -0.1) is 0 Å². The fraction of sp³-hybridized carbons (Fsp3) is 0.105. The number of Topliss-reactive ketones (excluding diaryl/α,β-unsaturated/α-hetero) is 1. The second-order valence-corrected chi connectivity index (χ2v) is 5.46. The maximum Gasteiger partial charge on any atom is 0.344 e. The third kappa shape index (κ3) is 3.51. The van der Waals surface area contributed by atoms with Gasteiger partial charge in [-0.25, -0.2) is 13.6 Å². The van der Waals surface area contributed by atoms with E-state index < -0.39 is 30.0 Å². The number of aromatic nitrogens is 1. The number of nitrogens with zero attached hydrogens (tertiary/aromatic N) is 1.